The molecule has 2 heteroatoms. The molecule has 0 saturated heterocycles. The third kappa shape index (κ3) is 2.79. The smallest absolute Gasteiger partial charge is 0.127 e. The Balaban J connectivity index is 3.45. The molecule has 90 valence electrons. The van der Waals surface area contributed by atoms with Gasteiger partial charge in [-0.3, -0.25) is 0 Å². The van der Waals surface area contributed by atoms with Gasteiger partial charge >= 0.3 is 0 Å². The van der Waals surface area contributed by atoms with Crippen molar-refractivity contribution in [1.82, 2.24) is 0 Å². The molecule has 1 nitrogen and oxygen atoms in total. The Bertz CT molecular complexity index is 337. The fraction of sp³-hybridized carbons (Fsp3) is 0.571. The topological polar surface area (TPSA) is 9.23 Å². The van der Waals surface area contributed by atoms with Crippen LogP contribution in [0.1, 0.15) is 45.7 Å². The van der Waals surface area contributed by atoms with Gasteiger partial charge in [0.05, 0.1) is 7.11 Å². The average Bonchev–Trinajstić information content (AvgIpc) is 2.13. The van der Waals surface area contributed by atoms with Crippen LogP contribution in [-0.2, 0) is 9.74 Å². The van der Waals surface area contributed by atoms with Crippen LogP contribution in [0.2, 0.25) is 0 Å². The van der Waals surface area contributed by atoms with Crippen LogP contribution < -0.4 is 4.74 Å². The Labute approximate surface area is 107 Å². The van der Waals surface area contributed by atoms with Crippen LogP contribution >= 0.6 is 15.9 Å². The fourth-order valence-electron chi connectivity index (χ4n) is 1.82. The first-order chi connectivity index (χ1) is 7.18. The summed E-state index contributed by atoms with van der Waals surface area (Å²) in [7, 11) is 1.74. The zero-order valence-corrected chi connectivity index (χ0v) is 12.6. The van der Waals surface area contributed by atoms with Gasteiger partial charge in [-0.05, 0) is 24.8 Å². The molecule has 0 atom stereocenters. The summed E-state index contributed by atoms with van der Waals surface area (Å²) in [6.07, 6.45) is 0. The Kier molecular flexibility index (Phi) is 3.73. The number of benzene rings is 1. The summed E-state index contributed by atoms with van der Waals surface area (Å²) >= 11 is 3.70. The molecule has 1 aromatic carbocycles. The SMILES string of the molecule is COc1c(C(C)(C)C)cccc1C(C)(C)Br. The number of halogens is 1. The van der Waals surface area contributed by atoms with E-state index in [1.807, 2.05) is 0 Å². The second-order valence-corrected chi connectivity index (χ2v) is 7.59. The van der Waals surface area contributed by atoms with Gasteiger partial charge in [-0.25, -0.2) is 0 Å². The van der Waals surface area contributed by atoms with Gasteiger partial charge in [-0.1, -0.05) is 54.9 Å². The second-order valence-electron chi connectivity index (χ2n) is 5.61. The average molecular weight is 285 g/mol. The highest BCUT2D eigenvalue weighted by Crippen LogP contribution is 2.41. The van der Waals surface area contributed by atoms with Crippen molar-refractivity contribution >= 4 is 15.9 Å². The molecule has 0 amide bonds. The minimum Gasteiger partial charge on any atom is -0.496 e. The van der Waals surface area contributed by atoms with E-state index in [9.17, 15) is 0 Å². The van der Waals surface area contributed by atoms with Crippen molar-refractivity contribution in [3.63, 3.8) is 0 Å². The predicted molar refractivity (Wildman–Crippen MR) is 73.6 cm³/mol. The van der Waals surface area contributed by atoms with Crippen molar-refractivity contribution in [2.45, 2.75) is 44.4 Å². The lowest BCUT2D eigenvalue weighted by molar-refractivity contribution is 0.389. The van der Waals surface area contributed by atoms with Gasteiger partial charge in [0.15, 0.2) is 0 Å². The quantitative estimate of drug-likeness (QED) is 0.720. The Hall–Kier alpha value is -0.500. The number of hydrogen-bond acceptors (Lipinski definition) is 1. The van der Waals surface area contributed by atoms with E-state index in [0.29, 0.717) is 0 Å². The first-order valence-electron chi connectivity index (χ1n) is 5.55. The molecule has 1 rings (SSSR count). The molecule has 0 saturated carbocycles. The van der Waals surface area contributed by atoms with Gasteiger partial charge in [0, 0.05) is 9.89 Å². The number of alkyl halides is 1. The number of ether oxygens (including phenoxy) is 1. The van der Waals surface area contributed by atoms with E-state index >= 15 is 0 Å². The maximum absolute atomic E-state index is 5.60. The van der Waals surface area contributed by atoms with E-state index in [1.54, 1.807) is 7.11 Å². The third-order valence-electron chi connectivity index (χ3n) is 2.67. The summed E-state index contributed by atoms with van der Waals surface area (Å²) < 4.78 is 5.53. The molecule has 0 radical (unpaired) electrons. The van der Waals surface area contributed by atoms with Crippen molar-refractivity contribution in [1.29, 1.82) is 0 Å². The van der Waals surface area contributed by atoms with Crippen LogP contribution in [0, 0.1) is 0 Å². The van der Waals surface area contributed by atoms with Crippen molar-refractivity contribution < 1.29 is 4.74 Å². The number of para-hydroxylation sites is 1. The molecule has 1 aromatic rings. The Morgan fingerprint density at radius 2 is 1.50 bits per heavy atom. The van der Waals surface area contributed by atoms with Gasteiger partial charge in [0.2, 0.25) is 0 Å². The Morgan fingerprint density at radius 3 is 1.88 bits per heavy atom. The van der Waals surface area contributed by atoms with Crippen LogP contribution in [0.5, 0.6) is 5.75 Å². The molecule has 0 aliphatic carbocycles. The van der Waals surface area contributed by atoms with Gasteiger partial charge in [0.1, 0.15) is 5.75 Å². The first kappa shape index (κ1) is 13.6. The van der Waals surface area contributed by atoms with Crippen molar-refractivity contribution in [3.05, 3.63) is 29.3 Å². The lowest BCUT2D eigenvalue weighted by Gasteiger charge is -2.27. The van der Waals surface area contributed by atoms with Gasteiger partial charge in [-0.2, -0.15) is 0 Å². The van der Waals surface area contributed by atoms with Crippen molar-refractivity contribution in [2.75, 3.05) is 7.11 Å². The van der Waals surface area contributed by atoms with Gasteiger partial charge in [-0.15, -0.1) is 0 Å². The summed E-state index contributed by atoms with van der Waals surface area (Å²) in [6.45, 7) is 10.9. The molecule has 0 aromatic heterocycles. The zero-order chi connectivity index (χ0) is 12.6. The minimum absolute atomic E-state index is 0.0698. The lowest BCUT2D eigenvalue weighted by atomic mass is 9.83. The van der Waals surface area contributed by atoms with E-state index in [0.717, 1.165) is 5.75 Å². The molecular weight excluding hydrogens is 264 g/mol. The van der Waals surface area contributed by atoms with Crippen molar-refractivity contribution in [3.8, 4) is 5.75 Å². The van der Waals surface area contributed by atoms with Gasteiger partial charge in [0.25, 0.3) is 0 Å². The molecule has 0 spiro atoms. The third-order valence-corrected chi connectivity index (χ3v) is 3.09. The molecule has 0 aliphatic heterocycles. The molecule has 0 aliphatic rings. The highest BCUT2D eigenvalue weighted by atomic mass is 79.9. The fourth-order valence-corrected chi connectivity index (χ4v) is 2.13. The van der Waals surface area contributed by atoms with E-state index in [2.05, 4.69) is 68.7 Å². The molecule has 0 N–H and O–H groups in total. The highest BCUT2D eigenvalue weighted by molar-refractivity contribution is 9.09. The summed E-state index contributed by atoms with van der Waals surface area (Å²) in [5, 5.41) is 0. The molecular formula is C14H21BrO. The van der Waals surface area contributed by atoms with Crippen LogP contribution in [0.15, 0.2) is 18.2 Å². The molecule has 16 heavy (non-hydrogen) atoms. The Morgan fingerprint density at radius 1 is 1.00 bits per heavy atom. The first-order valence-corrected chi connectivity index (χ1v) is 6.34. The predicted octanol–water partition coefficient (Wildman–Crippen LogP) is 4.62. The minimum atomic E-state index is -0.0698. The lowest BCUT2D eigenvalue weighted by Crippen LogP contribution is -2.17. The normalized spacial score (nSPS) is 12.7. The standard InChI is InChI=1S/C14H21BrO/c1-13(2,3)10-8-7-9-11(12(10)16-6)14(4,5)15/h7-9H,1-6H3. The summed E-state index contributed by atoms with van der Waals surface area (Å²) in [5.74, 6) is 0.997. The zero-order valence-electron chi connectivity index (χ0n) is 11.0. The van der Waals surface area contributed by atoms with Crippen molar-refractivity contribution in [2.24, 2.45) is 0 Å². The van der Waals surface area contributed by atoms with Crippen LogP contribution in [0.3, 0.4) is 0 Å². The van der Waals surface area contributed by atoms with Gasteiger partial charge < -0.3 is 4.74 Å². The molecule has 0 unspecified atom stereocenters. The maximum atomic E-state index is 5.60. The monoisotopic (exact) mass is 284 g/mol. The maximum Gasteiger partial charge on any atom is 0.127 e. The number of hydrogen-bond donors (Lipinski definition) is 0. The van der Waals surface area contributed by atoms with E-state index in [-0.39, 0.29) is 9.74 Å². The molecule has 0 heterocycles. The summed E-state index contributed by atoms with van der Waals surface area (Å²) in [5.41, 5.74) is 2.54. The number of rotatable bonds is 2. The highest BCUT2D eigenvalue weighted by Gasteiger charge is 2.26. The largest absolute Gasteiger partial charge is 0.496 e. The number of methoxy groups -OCH3 is 1. The van der Waals surface area contributed by atoms with E-state index in [1.165, 1.54) is 11.1 Å². The van der Waals surface area contributed by atoms with E-state index < -0.39 is 0 Å². The van der Waals surface area contributed by atoms with Crippen LogP contribution in [-0.4, -0.2) is 7.11 Å². The summed E-state index contributed by atoms with van der Waals surface area (Å²) in [4.78, 5) is 0. The molecule has 0 fully saturated rings. The summed E-state index contributed by atoms with van der Waals surface area (Å²) in [6, 6.07) is 6.35. The second kappa shape index (κ2) is 4.40. The van der Waals surface area contributed by atoms with Crippen LogP contribution in [0.4, 0.5) is 0 Å². The van der Waals surface area contributed by atoms with E-state index in [4.69, 9.17) is 4.74 Å². The van der Waals surface area contributed by atoms with Crippen LogP contribution in [0.25, 0.3) is 0 Å². The molecule has 0 bridgehead atoms.